The lowest BCUT2D eigenvalue weighted by Crippen LogP contribution is -2.45. The van der Waals surface area contributed by atoms with Crippen molar-refractivity contribution in [2.24, 2.45) is 5.73 Å². The third-order valence-corrected chi connectivity index (χ3v) is 3.06. The summed E-state index contributed by atoms with van der Waals surface area (Å²) in [5.41, 5.74) is 6.60. The molecule has 7 heteroatoms. The highest BCUT2D eigenvalue weighted by Crippen LogP contribution is 2.11. The van der Waals surface area contributed by atoms with E-state index in [9.17, 15) is 14.7 Å². The van der Waals surface area contributed by atoms with Gasteiger partial charge in [-0.3, -0.25) is 14.4 Å². The second-order valence-corrected chi connectivity index (χ2v) is 5.18. The Balaban J connectivity index is 0.000000705. The predicted molar refractivity (Wildman–Crippen MR) is 92.0 cm³/mol. The molecule has 0 saturated heterocycles. The zero-order chi connectivity index (χ0) is 18.8. The van der Waals surface area contributed by atoms with Gasteiger partial charge in [0.25, 0.3) is 11.9 Å². The molecule has 0 heterocycles. The van der Waals surface area contributed by atoms with Gasteiger partial charge in [-0.1, -0.05) is 30.3 Å². The van der Waals surface area contributed by atoms with Crippen LogP contribution < -0.4 is 11.1 Å². The molecule has 2 aromatic carbocycles. The molecule has 0 spiro atoms. The van der Waals surface area contributed by atoms with E-state index < -0.39 is 17.9 Å². The summed E-state index contributed by atoms with van der Waals surface area (Å²) < 4.78 is 0. The van der Waals surface area contributed by atoms with Crippen molar-refractivity contribution >= 4 is 17.8 Å². The van der Waals surface area contributed by atoms with Gasteiger partial charge in [-0.25, -0.2) is 0 Å². The van der Waals surface area contributed by atoms with Crippen molar-refractivity contribution in [2.45, 2.75) is 19.4 Å². The average molecular weight is 344 g/mol. The number of phenolic OH excluding ortho intramolecular Hbond substituents is 1. The van der Waals surface area contributed by atoms with Gasteiger partial charge < -0.3 is 21.3 Å². The van der Waals surface area contributed by atoms with E-state index >= 15 is 0 Å². The number of nitrogens with one attached hydrogen (secondary N) is 1. The van der Waals surface area contributed by atoms with Crippen LogP contribution in [0.25, 0.3) is 0 Å². The number of hydrogen-bond donors (Lipinski definition) is 4. The van der Waals surface area contributed by atoms with E-state index in [2.05, 4.69) is 5.32 Å². The van der Waals surface area contributed by atoms with Gasteiger partial charge in [0, 0.05) is 18.9 Å². The van der Waals surface area contributed by atoms with Crippen molar-refractivity contribution in [3.8, 4) is 5.75 Å². The molecular formula is C18H20N2O5. The largest absolute Gasteiger partial charge is 0.508 e. The zero-order valence-electron chi connectivity index (χ0n) is 13.7. The summed E-state index contributed by atoms with van der Waals surface area (Å²) in [5, 5.41) is 19.3. The number of benzene rings is 2. The molecule has 0 saturated carbocycles. The number of aliphatic carboxylic acids is 1. The average Bonchev–Trinajstić information content (AvgIpc) is 2.56. The van der Waals surface area contributed by atoms with E-state index in [0.29, 0.717) is 5.56 Å². The van der Waals surface area contributed by atoms with Crippen LogP contribution in [0.4, 0.5) is 0 Å². The van der Waals surface area contributed by atoms with E-state index in [4.69, 9.17) is 15.6 Å². The smallest absolute Gasteiger partial charge is 0.300 e. The first-order valence-electron chi connectivity index (χ1n) is 7.42. The van der Waals surface area contributed by atoms with E-state index in [1.54, 1.807) is 42.5 Å². The fraction of sp³-hybridized carbons (Fsp3) is 0.167. The molecule has 0 aliphatic heterocycles. The molecular weight excluding hydrogens is 324 g/mol. The van der Waals surface area contributed by atoms with Gasteiger partial charge >= 0.3 is 0 Å². The Morgan fingerprint density at radius 2 is 1.56 bits per heavy atom. The number of nitrogens with two attached hydrogens (primary N) is 1. The minimum atomic E-state index is -0.833. The lowest BCUT2D eigenvalue weighted by Gasteiger charge is -2.15. The minimum Gasteiger partial charge on any atom is -0.508 e. The normalized spacial score (nSPS) is 10.8. The molecule has 0 bridgehead atoms. The molecule has 2 aromatic rings. The number of carboxylic acid groups (broad SMARTS) is 1. The van der Waals surface area contributed by atoms with Crippen molar-refractivity contribution in [2.75, 3.05) is 0 Å². The second-order valence-electron chi connectivity index (χ2n) is 5.18. The summed E-state index contributed by atoms with van der Waals surface area (Å²) in [5.74, 6) is -1.65. The van der Waals surface area contributed by atoms with Gasteiger partial charge in [-0.05, 0) is 29.8 Å². The number of carboxylic acids is 1. The first-order valence-corrected chi connectivity index (χ1v) is 7.42. The Morgan fingerprint density at radius 3 is 2.04 bits per heavy atom. The first kappa shape index (κ1) is 19.7. The van der Waals surface area contributed by atoms with Crippen molar-refractivity contribution in [1.29, 1.82) is 0 Å². The first-order chi connectivity index (χ1) is 11.8. The van der Waals surface area contributed by atoms with Crippen LogP contribution in [0, 0.1) is 0 Å². The number of amides is 2. The number of phenols is 1. The molecule has 7 nitrogen and oxygen atoms in total. The molecule has 1 atom stereocenters. The van der Waals surface area contributed by atoms with Crippen LogP contribution in [0.2, 0.25) is 0 Å². The second kappa shape index (κ2) is 9.71. The molecule has 0 fully saturated rings. The van der Waals surface area contributed by atoms with E-state index in [1.165, 1.54) is 12.1 Å². The van der Waals surface area contributed by atoms with Gasteiger partial charge in [0.1, 0.15) is 11.8 Å². The highest BCUT2D eigenvalue weighted by molar-refractivity contribution is 5.97. The van der Waals surface area contributed by atoms with Gasteiger partial charge in [0.15, 0.2) is 0 Å². The molecule has 0 aliphatic rings. The lowest BCUT2D eigenvalue weighted by molar-refractivity contribution is -0.134. The minimum absolute atomic E-state index is 0.141. The maximum absolute atomic E-state index is 12.0. The SMILES string of the molecule is CC(=O)O.NC(=O)C(Cc1ccc(O)cc1)NC(=O)c1ccccc1. The van der Waals surface area contributed by atoms with Crippen LogP contribution in [0.1, 0.15) is 22.8 Å². The van der Waals surface area contributed by atoms with Crippen LogP contribution in [0.3, 0.4) is 0 Å². The fourth-order valence-electron chi connectivity index (χ4n) is 1.92. The number of hydrogen-bond acceptors (Lipinski definition) is 4. The summed E-state index contributed by atoms with van der Waals surface area (Å²) in [6.07, 6.45) is 0.272. The fourth-order valence-corrected chi connectivity index (χ4v) is 1.92. The quantitative estimate of drug-likeness (QED) is 0.650. The molecule has 132 valence electrons. The molecule has 5 N–H and O–H groups in total. The molecule has 1 unspecified atom stereocenters. The van der Waals surface area contributed by atoms with Crippen LogP contribution >= 0.6 is 0 Å². The summed E-state index contributed by atoms with van der Waals surface area (Å²) in [4.78, 5) is 32.5. The molecule has 0 radical (unpaired) electrons. The number of carbonyl (C=O) groups excluding carboxylic acids is 2. The van der Waals surface area contributed by atoms with Gasteiger partial charge in [0.05, 0.1) is 0 Å². The van der Waals surface area contributed by atoms with E-state index in [1.807, 2.05) is 0 Å². The summed E-state index contributed by atoms with van der Waals surface area (Å²) >= 11 is 0. The predicted octanol–water partition coefficient (Wildman–Crippen LogP) is 1.31. The van der Waals surface area contributed by atoms with Crippen molar-refractivity contribution < 1.29 is 24.6 Å². The summed E-state index contributed by atoms with van der Waals surface area (Å²) in [7, 11) is 0. The summed E-state index contributed by atoms with van der Waals surface area (Å²) in [6.45, 7) is 1.08. The van der Waals surface area contributed by atoms with Crippen LogP contribution in [0.5, 0.6) is 5.75 Å². The van der Waals surface area contributed by atoms with Gasteiger partial charge in [-0.15, -0.1) is 0 Å². The molecule has 25 heavy (non-hydrogen) atoms. The molecule has 2 amide bonds. The molecule has 2 rings (SSSR count). The van der Waals surface area contributed by atoms with Crippen LogP contribution in [0.15, 0.2) is 54.6 Å². The standard InChI is InChI=1S/C16H16N2O3.C2H4O2/c17-15(20)14(10-11-6-8-13(19)9-7-11)18-16(21)12-4-2-1-3-5-12;1-2(3)4/h1-9,14,19H,10H2,(H2,17,20)(H,18,21);1H3,(H,3,4). The maximum Gasteiger partial charge on any atom is 0.300 e. The monoisotopic (exact) mass is 344 g/mol. The lowest BCUT2D eigenvalue weighted by atomic mass is 10.0. The highest BCUT2D eigenvalue weighted by Gasteiger charge is 2.19. The van der Waals surface area contributed by atoms with E-state index in [-0.39, 0.29) is 18.1 Å². The third kappa shape index (κ3) is 7.65. The Morgan fingerprint density at radius 1 is 1.04 bits per heavy atom. The maximum atomic E-state index is 12.0. The summed E-state index contributed by atoms with van der Waals surface area (Å²) in [6, 6.07) is 14.2. The Hall–Kier alpha value is -3.35. The molecule has 0 aromatic heterocycles. The number of primary amides is 1. The van der Waals surface area contributed by atoms with E-state index in [0.717, 1.165) is 12.5 Å². The highest BCUT2D eigenvalue weighted by atomic mass is 16.4. The molecule has 0 aliphatic carbocycles. The van der Waals surface area contributed by atoms with Gasteiger partial charge in [-0.2, -0.15) is 0 Å². The Bertz CT molecular complexity index is 710. The number of carbonyl (C=O) groups is 3. The van der Waals surface area contributed by atoms with Crippen molar-refractivity contribution in [3.05, 3.63) is 65.7 Å². The Labute approximate surface area is 145 Å². The number of rotatable bonds is 5. The van der Waals surface area contributed by atoms with Crippen molar-refractivity contribution in [1.82, 2.24) is 5.32 Å². The van der Waals surface area contributed by atoms with Crippen LogP contribution in [-0.2, 0) is 16.0 Å². The zero-order valence-corrected chi connectivity index (χ0v) is 13.7. The third-order valence-electron chi connectivity index (χ3n) is 3.06. The number of aromatic hydroxyl groups is 1. The van der Waals surface area contributed by atoms with Gasteiger partial charge in [0.2, 0.25) is 5.91 Å². The topological polar surface area (TPSA) is 130 Å². The Kier molecular flexibility index (Phi) is 7.65. The van der Waals surface area contributed by atoms with Crippen molar-refractivity contribution in [3.63, 3.8) is 0 Å². The van der Waals surface area contributed by atoms with Crippen LogP contribution in [-0.4, -0.2) is 34.0 Å².